The van der Waals surface area contributed by atoms with E-state index < -0.39 is 0 Å². The number of hydrogen-bond acceptors (Lipinski definition) is 4. The molecule has 0 unspecified atom stereocenters. The van der Waals surface area contributed by atoms with Gasteiger partial charge in [0.15, 0.2) is 5.17 Å². The van der Waals surface area contributed by atoms with Crippen molar-refractivity contribution in [3.63, 3.8) is 0 Å². The fourth-order valence-electron chi connectivity index (χ4n) is 1.71. The van der Waals surface area contributed by atoms with Crippen molar-refractivity contribution in [1.29, 1.82) is 0 Å². The van der Waals surface area contributed by atoms with Crippen molar-refractivity contribution < 1.29 is 9.84 Å². The lowest BCUT2D eigenvalue weighted by Crippen LogP contribution is -2.06. The van der Waals surface area contributed by atoms with Crippen LogP contribution in [0, 0.1) is 0 Å². The van der Waals surface area contributed by atoms with Crippen LogP contribution in [0.5, 0.6) is 5.75 Å². The molecule has 0 saturated heterocycles. The lowest BCUT2D eigenvalue weighted by atomic mass is 10.2. The van der Waals surface area contributed by atoms with Crippen LogP contribution in [0.4, 0.5) is 5.69 Å². The van der Waals surface area contributed by atoms with Gasteiger partial charge >= 0.3 is 0 Å². The highest BCUT2D eigenvalue weighted by atomic mass is 35.5. The Bertz CT molecular complexity index is 601. The predicted octanol–water partition coefficient (Wildman–Crippen LogP) is 3.49. The topological polar surface area (TPSA) is 67.8 Å². The van der Waals surface area contributed by atoms with Crippen LogP contribution in [0.2, 0.25) is 0 Å². The maximum Gasteiger partial charge on any atom is 0.159 e. The minimum Gasteiger partial charge on any atom is -0.497 e. The first-order valence-electron chi connectivity index (χ1n) is 6.51. The van der Waals surface area contributed by atoms with Crippen LogP contribution in [0.1, 0.15) is 11.1 Å². The second kappa shape index (κ2) is 9.35. The lowest BCUT2D eigenvalue weighted by molar-refractivity contribution is 0.282. The number of amidine groups is 1. The Balaban J connectivity index is 0.00000242. The molecule has 0 bridgehead atoms. The molecule has 0 spiro atoms. The number of nitrogens with two attached hydrogens (primary N) is 1. The zero-order valence-electron chi connectivity index (χ0n) is 12.2. The summed E-state index contributed by atoms with van der Waals surface area (Å²) in [5.41, 5.74) is 8.77. The van der Waals surface area contributed by atoms with Crippen molar-refractivity contribution >= 4 is 35.0 Å². The van der Waals surface area contributed by atoms with Crippen molar-refractivity contribution in [1.82, 2.24) is 0 Å². The third-order valence-corrected chi connectivity index (χ3v) is 3.77. The number of aliphatic imine (C=N–C) groups is 1. The number of thioether (sulfide) groups is 1. The molecule has 3 N–H and O–H groups in total. The predicted molar refractivity (Wildman–Crippen MR) is 95.2 cm³/mol. The van der Waals surface area contributed by atoms with Gasteiger partial charge in [-0.15, -0.1) is 12.4 Å². The molecule has 0 heterocycles. The molecule has 4 nitrogen and oxygen atoms in total. The maximum absolute atomic E-state index is 8.99. The summed E-state index contributed by atoms with van der Waals surface area (Å²) in [4.78, 5) is 4.35. The molecule has 0 radical (unpaired) electrons. The normalized spacial score (nSPS) is 10.9. The van der Waals surface area contributed by atoms with E-state index in [1.165, 1.54) is 11.8 Å². The molecule has 2 rings (SSSR count). The Morgan fingerprint density at radius 2 is 1.68 bits per heavy atom. The van der Waals surface area contributed by atoms with Gasteiger partial charge in [0.1, 0.15) is 5.75 Å². The van der Waals surface area contributed by atoms with Crippen LogP contribution >= 0.6 is 24.2 Å². The zero-order chi connectivity index (χ0) is 15.1. The molecule has 6 heteroatoms. The Kier molecular flexibility index (Phi) is 7.80. The Morgan fingerprint density at radius 3 is 2.23 bits per heavy atom. The van der Waals surface area contributed by atoms with Crippen LogP contribution in [-0.4, -0.2) is 17.4 Å². The third-order valence-electron chi connectivity index (χ3n) is 2.90. The molecule has 0 amide bonds. The van der Waals surface area contributed by atoms with E-state index in [1.54, 1.807) is 7.11 Å². The van der Waals surface area contributed by atoms with Gasteiger partial charge in [0, 0.05) is 5.75 Å². The highest BCUT2D eigenvalue weighted by Gasteiger charge is 1.99. The molecule has 0 fully saturated rings. The Morgan fingerprint density at radius 1 is 1.09 bits per heavy atom. The molecule has 0 aromatic heterocycles. The number of rotatable bonds is 5. The second-order valence-electron chi connectivity index (χ2n) is 4.41. The van der Waals surface area contributed by atoms with E-state index in [-0.39, 0.29) is 19.0 Å². The van der Waals surface area contributed by atoms with Crippen molar-refractivity contribution in [2.75, 3.05) is 7.11 Å². The van der Waals surface area contributed by atoms with Crippen molar-refractivity contribution in [3.05, 3.63) is 59.7 Å². The van der Waals surface area contributed by atoms with Crippen LogP contribution in [0.3, 0.4) is 0 Å². The first-order valence-corrected chi connectivity index (χ1v) is 7.49. The largest absolute Gasteiger partial charge is 0.497 e. The van der Waals surface area contributed by atoms with E-state index in [9.17, 15) is 0 Å². The number of halogens is 1. The van der Waals surface area contributed by atoms with E-state index in [1.807, 2.05) is 48.5 Å². The van der Waals surface area contributed by atoms with E-state index >= 15 is 0 Å². The fourth-order valence-corrected chi connectivity index (χ4v) is 2.39. The zero-order valence-corrected chi connectivity index (χ0v) is 13.9. The molecule has 22 heavy (non-hydrogen) atoms. The van der Waals surface area contributed by atoms with Gasteiger partial charge in [-0.25, -0.2) is 4.99 Å². The minimum absolute atomic E-state index is 0. The van der Waals surface area contributed by atoms with Crippen LogP contribution in [0.15, 0.2) is 53.5 Å². The summed E-state index contributed by atoms with van der Waals surface area (Å²) in [6.45, 7) is 0.0640. The number of methoxy groups -OCH3 is 1. The van der Waals surface area contributed by atoms with Gasteiger partial charge in [-0.2, -0.15) is 0 Å². The van der Waals surface area contributed by atoms with E-state index in [2.05, 4.69) is 4.99 Å². The summed E-state index contributed by atoms with van der Waals surface area (Å²) in [5.74, 6) is 1.54. The Labute approximate surface area is 140 Å². The summed E-state index contributed by atoms with van der Waals surface area (Å²) in [6, 6.07) is 15.2. The fraction of sp³-hybridized carbons (Fsp3) is 0.188. The number of benzene rings is 2. The smallest absolute Gasteiger partial charge is 0.159 e. The minimum atomic E-state index is 0. The van der Waals surface area contributed by atoms with Crippen LogP contribution < -0.4 is 10.5 Å². The van der Waals surface area contributed by atoms with Crippen molar-refractivity contribution in [2.45, 2.75) is 12.4 Å². The number of aliphatic hydroxyl groups is 1. The average molecular weight is 339 g/mol. The number of hydrogen-bond donors (Lipinski definition) is 2. The summed E-state index contributed by atoms with van der Waals surface area (Å²) < 4.78 is 5.10. The second-order valence-corrected chi connectivity index (χ2v) is 5.41. The number of nitrogens with zero attached hydrogens (tertiary/aromatic N) is 1. The number of ether oxygens (including phenoxy) is 1. The summed E-state index contributed by atoms with van der Waals surface area (Å²) in [5, 5.41) is 9.51. The molecule has 0 aliphatic heterocycles. The molecule has 0 aliphatic rings. The molecular weight excluding hydrogens is 320 g/mol. The van der Waals surface area contributed by atoms with Crippen molar-refractivity contribution in [2.24, 2.45) is 10.7 Å². The molecule has 118 valence electrons. The molecule has 0 aliphatic carbocycles. The molecule has 2 aromatic rings. The van der Waals surface area contributed by atoms with Gasteiger partial charge in [-0.1, -0.05) is 36.0 Å². The molecule has 0 saturated carbocycles. The molecular formula is C16H19ClN2O2S. The van der Waals surface area contributed by atoms with Crippen molar-refractivity contribution in [3.8, 4) is 5.75 Å². The van der Waals surface area contributed by atoms with E-state index in [4.69, 9.17) is 15.6 Å². The highest BCUT2D eigenvalue weighted by molar-refractivity contribution is 8.13. The summed E-state index contributed by atoms with van der Waals surface area (Å²) >= 11 is 1.48. The Hall–Kier alpha value is -1.69. The van der Waals surface area contributed by atoms with Gasteiger partial charge in [-0.3, -0.25) is 0 Å². The third kappa shape index (κ3) is 5.60. The quantitative estimate of drug-likeness (QED) is 0.647. The van der Waals surface area contributed by atoms with Crippen LogP contribution in [-0.2, 0) is 12.4 Å². The van der Waals surface area contributed by atoms with Gasteiger partial charge in [0.05, 0.1) is 19.4 Å². The van der Waals surface area contributed by atoms with Gasteiger partial charge < -0.3 is 15.6 Å². The SMILES string of the molecule is COc1ccc(N=C(N)SCc2ccc(CO)cc2)cc1.Cl. The van der Waals surface area contributed by atoms with Gasteiger partial charge in [-0.05, 0) is 35.4 Å². The molecule has 0 atom stereocenters. The summed E-state index contributed by atoms with van der Waals surface area (Å²) in [6.07, 6.45) is 0. The first-order chi connectivity index (χ1) is 10.2. The standard InChI is InChI=1S/C16H18N2O2S.ClH/c1-20-15-8-6-14(7-9-15)18-16(17)21-11-13-4-2-12(10-19)3-5-13;/h2-9,19H,10-11H2,1H3,(H2,17,18);1H. The summed E-state index contributed by atoms with van der Waals surface area (Å²) in [7, 11) is 1.63. The monoisotopic (exact) mass is 338 g/mol. The average Bonchev–Trinajstić information content (AvgIpc) is 2.54. The van der Waals surface area contributed by atoms with E-state index in [0.29, 0.717) is 5.17 Å². The van der Waals surface area contributed by atoms with E-state index in [0.717, 1.165) is 28.3 Å². The maximum atomic E-state index is 8.99. The van der Waals surface area contributed by atoms with Gasteiger partial charge in [0.2, 0.25) is 0 Å². The first kappa shape index (κ1) is 18.4. The molecule has 2 aromatic carbocycles. The van der Waals surface area contributed by atoms with Crippen LogP contribution in [0.25, 0.3) is 0 Å². The number of aliphatic hydroxyl groups excluding tert-OH is 1. The lowest BCUT2D eigenvalue weighted by Gasteiger charge is -2.03. The highest BCUT2D eigenvalue weighted by Crippen LogP contribution is 2.20. The van der Waals surface area contributed by atoms with Gasteiger partial charge in [0.25, 0.3) is 0 Å².